The molecule has 0 aliphatic carbocycles. The molecule has 0 heterocycles. The maximum Gasteiger partial charge on any atom is 0.256 e. The molecule has 0 aliphatic heterocycles. The summed E-state index contributed by atoms with van der Waals surface area (Å²) in [7, 11) is 0. The third-order valence-corrected chi connectivity index (χ3v) is 2.47. The highest BCUT2D eigenvalue weighted by atomic mass is 16.2. The molecule has 0 aromatic heterocycles. The normalized spacial score (nSPS) is 9.22. The Labute approximate surface area is 106 Å². The number of hydrogen-bond donors (Lipinski definition) is 1. The number of hydrogen-bond acceptors (Lipinski definition) is 4. The van der Waals surface area contributed by atoms with E-state index in [1.54, 1.807) is 24.3 Å². The fourth-order valence-electron chi connectivity index (χ4n) is 1.55. The number of nitrogens with two attached hydrogens (primary N) is 1. The Balaban J connectivity index is 2.85. The van der Waals surface area contributed by atoms with Crippen molar-refractivity contribution in [3.8, 4) is 12.1 Å². The van der Waals surface area contributed by atoms with Crippen LogP contribution in [-0.2, 0) is 0 Å². The van der Waals surface area contributed by atoms with Crippen LogP contribution in [0.5, 0.6) is 0 Å². The van der Waals surface area contributed by atoms with E-state index in [4.69, 9.17) is 16.3 Å². The molecule has 0 saturated heterocycles. The molecular weight excluding hydrogens is 228 g/mol. The minimum absolute atomic E-state index is 0.237. The summed E-state index contributed by atoms with van der Waals surface area (Å²) >= 11 is 0. The van der Waals surface area contributed by atoms with Crippen molar-refractivity contribution in [3.05, 3.63) is 29.8 Å². The molecule has 0 saturated carbocycles. The number of rotatable bonds is 5. The quantitative estimate of drug-likeness (QED) is 0.792. The maximum atomic E-state index is 12.2. The van der Waals surface area contributed by atoms with Gasteiger partial charge in [-0.25, -0.2) is 0 Å². The van der Waals surface area contributed by atoms with Gasteiger partial charge in [0, 0.05) is 18.8 Å². The van der Waals surface area contributed by atoms with Crippen LogP contribution in [0.2, 0.25) is 0 Å². The molecule has 0 spiro atoms. The first-order chi connectivity index (χ1) is 8.70. The Morgan fingerprint density at radius 2 is 1.72 bits per heavy atom. The Hall–Kier alpha value is -2.53. The van der Waals surface area contributed by atoms with Gasteiger partial charge in [-0.15, -0.1) is 0 Å². The van der Waals surface area contributed by atoms with E-state index < -0.39 is 0 Å². The number of amides is 1. The number of nitriles is 2. The number of anilines is 1. The summed E-state index contributed by atoms with van der Waals surface area (Å²) in [6, 6.07) is 10.8. The Morgan fingerprint density at radius 3 is 2.22 bits per heavy atom. The van der Waals surface area contributed by atoms with Gasteiger partial charge in [-0.3, -0.25) is 4.79 Å². The zero-order valence-corrected chi connectivity index (χ0v) is 9.97. The van der Waals surface area contributed by atoms with Gasteiger partial charge in [0.05, 0.1) is 30.5 Å². The molecule has 0 aliphatic rings. The van der Waals surface area contributed by atoms with Crippen molar-refractivity contribution in [2.75, 3.05) is 18.8 Å². The summed E-state index contributed by atoms with van der Waals surface area (Å²) in [5.41, 5.74) is 6.55. The largest absolute Gasteiger partial charge is 0.398 e. The van der Waals surface area contributed by atoms with Gasteiger partial charge in [-0.05, 0) is 12.1 Å². The topological polar surface area (TPSA) is 93.9 Å². The molecular formula is C13H14N4O. The number of nitrogens with zero attached hydrogens (tertiary/aromatic N) is 3. The summed E-state index contributed by atoms with van der Waals surface area (Å²) in [6.07, 6.45) is 0.480. The van der Waals surface area contributed by atoms with Crippen molar-refractivity contribution in [2.24, 2.45) is 0 Å². The van der Waals surface area contributed by atoms with Gasteiger partial charge in [0.25, 0.3) is 5.91 Å². The van der Waals surface area contributed by atoms with Gasteiger partial charge in [-0.2, -0.15) is 10.5 Å². The fourth-order valence-corrected chi connectivity index (χ4v) is 1.55. The SMILES string of the molecule is N#CCCN(CCC#N)C(=O)c1ccccc1N. The van der Waals surface area contributed by atoms with E-state index in [1.807, 2.05) is 12.1 Å². The Bertz CT molecular complexity index is 480. The lowest BCUT2D eigenvalue weighted by molar-refractivity contribution is 0.0763. The minimum Gasteiger partial charge on any atom is -0.398 e. The summed E-state index contributed by atoms with van der Waals surface area (Å²) in [5.74, 6) is -0.237. The lowest BCUT2D eigenvalue weighted by Crippen LogP contribution is -2.33. The molecule has 0 bridgehead atoms. The molecule has 18 heavy (non-hydrogen) atoms. The molecule has 1 rings (SSSR count). The van der Waals surface area contributed by atoms with Crippen molar-refractivity contribution in [1.82, 2.24) is 4.90 Å². The van der Waals surface area contributed by atoms with Crippen molar-refractivity contribution in [1.29, 1.82) is 10.5 Å². The molecule has 1 aromatic carbocycles. The van der Waals surface area contributed by atoms with Gasteiger partial charge < -0.3 is 10.6 Å². The van der Waals surface area contributed by atoms with E-state index in [0.717, 1.165) is 0 Å². The van der Waals surface area contributed by atoms with E-state index in [-0.39, 0.29) is 18.7 Å². The van der Waals surface area contributed by atoms with E-state index in [0.29, 0.717) is 24.3 Å². The van der Waals surface area contributed by atoms with Crippen LogP contribution in [0.1, 0.15) is 23.2 Å². The highest BCUT2D eigenvalue weighted by molar-refractivity contribution is 5.99. The van der Waals surface area contributed by atoms with Crippen LogP contribution in [0.4, 0.5) is 5.69 Å². The van der Waals surface area contributed by atoms with Gasteiger partial charge in [0.15, 0.2) is 0 Å². The molecule has 5 heteroatoms. The zero-order chi connectivity index (χ0) is 13.4. The summed E-state index contributed by atoms with van der Waals surface area (Å²) in [6.45, 7) is 0.622. The van der Waals surface area contributed by atoms with Crippen LogP contribution in [0.3, 0.4) is 0 Å². The van der Waals surface area contributed by atoms with Crippen molar-refractivity contribution in [2.45, 2.75) is 12.8 Å². The molecule has 1 aromatic rings. The first-order valence-electron chi connectivity index (χ1n) is 5.58. The minimum atomic E-state index is -0.237. The second kappa shape index (κ2) is 6.93. The van der Waals surface area contributed by atoms with Gasteiger partial charge in [0.2, 0.25) is 0 Å². The number of nitrogen functional groups attached to an aromatic ring is 1. The molecule has 0 fully saturated rings. The average molecular weight is 242 g/mol. The zero-order valence-electron chi connectivity index (χ0n) is 9.97. The number of benzene rings is 1. The van der Waals surface area contributed by atoms with Crippen molar-refractivity contribution < 1.29 is 4.79 Å². The van der Waals surface area contributed by atoms with E-state index in [2.05, 4.69) is 0 Å². The smallest absolute Gasteiger partial charge is 0.256 e. The first-order valence-corrected chi connectivity index (χ1v) is 5.58. The highest BCUT2D eigenvalue weighted by Crippen LogP contribution is 2.14. The standard InChI is InChI=1S/C13H14N4O/c14-7-3-9-17(10-4-8-15)13(18)11-5-1-2-6-12(11)16/h1-2,5-6H,3-4,9-10,16H2. The summed E-state index contributed by atoms with van der Waals surface area (Å²) in [5, 5.41) is 17.1. The van der Waals surface area contributed by atoms with Crippen LogP contribution in [-0.4, -0.2) is 23.9 Å². The van der Waals surface area contributed by atoms with Gasteiger partial charge >= 0.3 is 0 Å². The fraction of sp³-hybridized carbons (Fsp3) is 0.308. The third kappa shape index (κ3) is 3.50. The van der Waals surface area contributed by atoms with Gasteiger partial charge in [0.1, 0.15) is 0 Å². The third-order valence-electron chi connectivity index (χ3n) is 2.47. The summed E-state index contributed by atoms with van der Waals surface area (Å²) < 4.78 is 0. The van der Waals surface area contributed by atoms with Crippen LogP contribution in [0.25, 0.3) is 0 Å². The molecule has 2 N–H and O–H groups in total. The predicted molar refractivity (Wildman–Crippen MR) is 67.2 cm³/mol. The molecule has 1 amide bonds. The monoisotopic (exact) mass is 242 g/mol. The number of carbonyl (C=O) groups excluding carboxylic acids is 1. The molecule has 0 atom stereocenters. The average Bonchev–Trinajstić information content (AvgIpc) is 2.39. The van der Waals surface area contributed by atoms with E-state index in [9.17, 15) is 4.79 Å². The Kier molecular flexibility index (Phi) is 5.21. The van der Waals surface area contributed by atoms with Gasteiger partial charge in [-0.1, -0.05) is 12.1 Å². The number of carbonyl (C=O) groups is 1. The van der Waals surface area contributed by atoms with Crippen LogP contribution in [0.15, 0.2) is 24.3 Å². The molecule has 0 radical (unpaired) electrons. The molecule has 0 unspecified atom stereocenters. The van der Waals surface area contributed by atoms with Crippen LogP contribution < -0.4 is 5.73 Å². The van der Waals surface area contributed by atoms with Crippen LogP contribution >= 0.6 is 0 Å². The second-order valence-electron chi connectivity index (χ2n) is 3.70. The first kappa shape index (κ1) is 13.5. The van der Waals surface area contributed by atoms with Crippen molar-refractivity contribution in [3.63, 3.8) is 0 Å². The maximum absolute atomic E-state index is 12.2. The molecule has 92 valence electrons. The lowest BCUT2D eigenvalue weighted by Gasteiger charge is -2.21. The van der Waals surface area contributed by atoms with Crippen molar-refractivity contribution >= 4 is 11.6 Å². The molecule has 5 nitrogen and oxygen atoms in total. The van der Waals surface area contributed by atoms with E-state index >= 15 is 0 Å². The summed E-state index contributed by atoms with van der Waals surface area (Å²) in [4.78, 5) is 13.7. The van der Waals surface area contributed by atoms with Crippen LogP contribution in [0, 0.1) is 22.7 Å². The number of para-hydroxylation sites is 1. The lowest BCUT2D eigenvalue weighted by atomic mass is 10.1. The predicted octanol–water partition coefficient (Wildman–Crippen LogP) is 1.54. The highest BCUT2D eigenvalue weighted by Gasteiger charge is 2.16. The Morgan fingerprint density at radius 1 is 1.17 bits per heavy atom. The van der Waals surface area contributed by atoms with E-state index in [1.165, 1.54) is 4.90 Å². The second-order valence-corrected chi connectivity index (χ2v) is 3.70.